The zero-order valence-electron chi connectivity index (χ0n) is 11.6. The molecule has 2 atom stereocenters. The predicted octanol–water partition coefficient (Wildman–Crippen LogP) is 1.33. The number of nitrogens with two attached hydrogens (primary N) is 1. The van der Waals surface area contributed by atoms with E-state index in [1.54, 1.807) is 7.11 Å². The van der Waals surface area contributed by atoms with E-state index >= 15 is 0 Å². The topological polar surface area (TPSA) is 64.7 Å². The summed E-state index contributed by atoms with van der Waals surface area (Å²) in [6.45, 7) is 6.28. The molecular formula is C14H23NO3. The largest absolute Gasteiger partial charge is 0.486 e. The molecule has 4 nitrogen and oxygen atoms in total. The smallest absolute Gasteiger partial charge is 0.139 e. The van der Waals surface area contributed by atoms with Crippen molar-refractivity contribution in [1.82, 2.24) is 0 Å². The molecule has 0 heterocycles. The Kier molecular flexibility index (Phi) is 5.59. The highest BCUT2D eigenvalue weighted by Gasteiger charge is 2.20. The minimum absolute atomic E-state index is 0.128. The van der Waals surface area contributed by atoms with Gasteiger partial charge in [-0.1, -0.05) is 6.07 Å². The van der Waals surface area contributed by atoms with Gasteiger partial charge in [0.25, 0.3) is 0 Å². The molecule has 3 N–H and O–H groups in total. The molecule has 0 spiro atoms. The number of benzene rings is 1. The van der Waals surface area contributed by atoms with Gasteiger partial charge in [-0.05, 0) is 43.5 Å². The number of aliphatic hydroxyl groups is 1. The summed E-state index contributed by atoms with van der Waals surface area (Å²) in [4.78, 5) is 0. The Balaban J connectivity index is 2.88. The standard InChI is InChI=1S/C14H23NO3/c1-9-5-10(2)11(3)13(6-9)18-14(7-16)12(15)8-17-4/h5-6,12,14,16H,7-8,15H2,1-4H3. The lowest BCUT2D eigenvalue weighted by atomic mass is 10.1. The van der Waals surface area contributed by atoms with Crippen molar-refractivity contribution in [3.63, 3.8) is 0 Å². The molecule has 2 unspecified atom stereocenters. The maximum Gasteiger partial charge on any atom is 0.139 e. The van der Waals surface area contributed by atoms with Crippen LogP contribution < -0.4 is 10.5 Å². The molecule has 0 saturated carbocycles. The molecule has 18 heavy (non-hydrogen) atoms. The molecule has 1 aromatic carbocycles. The highest BCUT2D eigenvalue weighted by molar-refractivity contribution is 5.42. The number of hydrogen-bond donors (Lipinski definition) is 2. The van der Waals surface area contributed by atoms with Crippen LogP contribution >= 0.6 is 0 Å². The highest BCUT2D eigenvalue weighted by Crippen LogP contribution is 2.24. The lowest BCUT2D eigenvalue weighted by Crippen LogP contribution is -2.44. The van der Waals surface area contributed by atoms with E-state index < -0.39 is 6.10 Å². The van der Waals surface area contributed by atoms with Crippen molar-refractivity contribution >= 4 is 0 Å². The van der Waals surface area contributed by atoms with Gasteiger partial charge in [0.2, 0.25) is 0 Å². The molecule has 0 radical (unpaired) electrons. The number of ether oxygens (including phenoxy) is 2. The molecule has 4 heteroatoms. The van der Waals surface area contributed by atoms with Gasteiger partial charge in [-0.25, -0.2) is 0 Å². The van der Waals surface area contributed by atoms with Crippen LogP contribution in [0.4, 0.5) is 0 Å². The monoisotopic (exact) mass is 253 g/mol. The van der Waals surface area contributed by atoms with Gasteiger partial charge in [0.15, 0.2) is 0 Å². The molecule has 0 aliphatic carbocycles. The minimum atomic E-state index is -0.454. The number of rotatable bonds is 6. The third kappa shape index (κ3) is 3.70. The molecule has 0 aromatic heterocycles. The molecule has 102 valence electrons. The third-order valence-corrected chi connectivity index (χ3v) is 3.06. The lowest BCUT2D eigenvalue weighted by molar-refractivity contribution is 0.0600. The fourth-order valence-electron chi connectivity index (χ4n) is 1.85. The van der Waals surface area contributed by atoms with E-state index in [0.29, 0.717) is 6.61 Å². The van der Waals surface area contributed by atoms with Gasteiger partial charge >= 0.3 is 0 Å². The van der Waals surface area contributed by atoms with Gasteiger partial charge in [-0.15, -0.1) is 0 Å². The molecule has 1 rings (SSSR count). The van der Waals surface area contributed by atoms with Crippen LogP contribution in [0.1, 0.15) is 16.7 Å². The van der Waals surface area contributed by atoms with Crippen LogP contribution in [0.25, 0.3) is 0 Å². The zero-order valence-corrected chi connectivity index (χ0v) is 11.6. The maximum absolute atomic E-state index is 9.35. The van der Waals surface area contributed by atoms with Gasteiger partial charge in [-0.2, -0.15) is 0 Å². The van der Waals surface area contributed by atoms with Crippen LogP contribution in [0.5, 0.6) is 5.75 Å². The van der Waals surface area contributed by atoms with Crippen molar-refractivity contribution in [3.05, 3.63) is 28.8 Å². The van der Waals surface area contributed by atoms with Crippen molar-refractivity contribution in [2.75, 3.05) is 20.3 Å². The molecule has 0 aliphatic heterocycles. The molecule has 0 bridgehead atoms. The number of aliphatic hydroxyl groups excluding tert-OH is 1. The molecule has 0 aliphatic rings. The summed E-state index contributed by atoms with van der Waals surface area (Å²) < 4.78 is 10.8. The molecule has 0 saturated heterocycles. The average molecular weight is 253 g/mol. The summed E-state index contributed by atoms with van der Waals surface area (Å²) in [6, 6.07) is 3.72. The van der Waals surface area contributed by atoms with E-state index in [9.17, 15) is 5.11 Å². The summed E-state index contributed by atoms with van der Waals surface area (Å²) in [7, 11) is 1.58. The van der Waals surface area contributed by atoms with E-state index in [0.717, 1.165) is 16.9 Å². The van der Waals surface area contributed by atoms with Gasteiger partial charge < -0.3 is 20.3 Å². The fraction of sp³-hybridized carbons (Fsp3) is 0.571. The van der Waals surface area contributed by atoms with E-state index in [1.165, 1.54) is 5.56 Å². The van der Waals surface area contributed by atoms with Crippen LogP contribution in [0.15, 0.2) is 12.1 Å². The normalized spacial score (nSPS) is 14.3. The van der Waals surface area contributed by atoms with E-state index in [1.807, 2.05) is 26.8 Å². The Bertz CT molecular complexity index is 393. The third-order valence-electron chi connectivity index (χ3n) is 3.06. The van der Waals surface area contributed by atoms with Crippen LogP contribution in [0.2, 0.25) is 0 Å². The Morgan fingerprint density at radius 2 is 1.94 bits per heavy atom. The molecule has 1 aromatic rings. The predicted molar refractivity (Wildman–Crippen MR) is 72.0 cm³/mol. The molecule has 0 amide bonds. The second kappa shape index (κ2) is 6.73. The highest BCUT2D eigenvalue weighted by atomic mass is 16.5. The SMILES string of the molecule is COCC(N)C(CO)Oc1cc(C)cc(C)c1C. The number of methoxy groups -OCH3 is 1. The molecular weight excluding hydrogens is 230 g/mol. The van der Waals surface area contributed by atoms with Gasteiger partial charge in [0.05, 0.1) is 19.3 Å². The lowest BCUT2D eigenvalue weighted by Gasteiger charge is -2.24. The van der Waals surface area contributed by atoms with Crippen LogP contribution in [0, 0.1) is 20.8 Å². The van der Waals surface area contributed by atoms with Crippen molar-refractivity contribution in [1.29, 1.82) is 0 Å². The van der Waals surface area contributed by atoms with E-state index in [2.05, 4.69) is 6.07 Å². The number of hydrogen-bond acceptors (Lipinski definition) is 4. The zero-order chi connectivity index (χ0) is 13.7. The van der Waals surface area contributed by atoms with Gasteiger partial charge in [0, 0.05) is 7.11 Å². The summed E-state index contributed by atoms with van der Waals surface area (Å²) in [5.41, 5.74) is 9.27. The molecule has 0 fully saturated rings. The summed E-state index contributed by atoms with van der Waals surface area (Å²) >= 11 is 0. The second-order valence-electron chi connectivity index (χ2n) is 4.66. The van der Waals surface area contributed by atoms with Gasteiger partial charge in [0.1, 0.15) is 11.9 Å². The fourth-order valence-corrected chi connectivity index (χ4v) is 1.85. The Hall–Kier alpha value is -1.10. The van der Waals surface area contributed by atoms with Crippen LogP contribution in [0.3, 0.4) is 0 Å². The van der Waals surface area contributed by atoms with E-state index in [-0.39, 0.29) is 12.6 Å². The maximum atomic E-state index is 9.35. The quantitative estimate of drug-likeness (QED) is 0.802. The first-order valence-corrected chi connectivity index (χ1v) is 6.09. The Morgan fingerprint density at radius 3 is 2.50 bits per heavy atom. The Labute approximate surface area is 109 Å². The van der Waals surface area contributed by atoms with E-state index in [4.69, 9.17) is 15.2 Å². The van der Waals surface area contributed by atoms with Crippen LogP contribution in [-0.4, -0.2) is 37.6 Å². The Morgan fingerprint density at radius 1 is 1.28 bits per heavy atom. The van der Waals surface area contributed by atoms with Crippen molar-refractivity contribution in [3.8, 4) is 5.75 Å². The first-order valence-electron chi connectivity index (χ1n) is 6.09. The van der Waals surface area contributed by atoms with Crippen molar-refractivity contribution in [2.24, 2.45) is 5.73 Å². The average Bonchev–Trinajstić information content (AvgIpc) is 2.32. The van der Waals surface area contributed by atoms with Crippen molar-refractivity contribution in [2.45, 2.75) is 32.9 Å². The summed E-state index contributed by atoms with van der Waals surface area (Å²) in [5.74, 6) is 0.776. The minimum Gasteiger partial charge on any atom is -0.486 e. The first-order chi connectivity index (χ1) is 8.49. The summed E-state index contributed by atoms with van der Waals surface area (Å²) in [6.07, 6.45) is -0.454. The van der Waals surface area contributed by atoms with Crippen LogP contribution in [-0.2, 0) is 4.74 Å². The van der Waals surface area contributed by atoms with Crippen molar-refractivity contribution < 1.29 is 14.6 Å². The summed E-state index contributed by atoms with van der Waals surface area (Å²) in [5, 5.41) is 9.35. The van der Waals surface area contributed by atoms with Gasteiger partial charge in [-0.3, -0.25) is 0 Å². The second-order valence-corrected chi connectivity index (χ2v) is 4.66. The first kappa shape index (κ1) is 15.0. The number of aryl methyl sites for hydroxylation is 2.